The Labute approximate surface area is 182 Å². The molecule has 0 amide bonds. The lowest BCUT2D eigenvalue weighted by atomic mass is 9.88. The second kappa shape index (κ2) is 9.08. The van der Waals surface area contributed by atoms with E-state index < -0.39 is 17.7 Å². The van der Waals surface area contributed by atoms with Crippen molar-refractivity contribution >= 4 is 23.0 Å². The summed E-state index contributed by atoms with van der Waals surface area (Å²) in [7, 11) is 2.96. The fourth-order valence-electron chi connectivity index (χ4n) is 3.38. The van der Waals surface area contributed by atoms with Crippen molar-refractivity contribution in [2.45, 2.75) is 32.3 Å². The van der Waals surface area contributed by atoms with E-state index in [0.717, 1.165) is 27.8 Å². The van der Waals surface area contributed by atoms with Gasteiger partial charge in [0.15, 0.2) is 0 Å². The number of benzene rings is 2. The van der Waals surface area contributed by atoms with Crippen LogP contribution in [0.25, 0.3) is 10.9 Å². The van der Waals surface area contributed by atoms with Crippen molar-refractivity contribution in [3.63, 3.8) is 0 Å². The van der Waals surface area contributed by atoms with E-state index in [1.54, 1.807) is 19.4 Å². The number of carbonyl (C=O) groups excluding carboxylic acids is 2. The van der Waals surface area contributed by atoms with Gasteiger partial charge in [-0.3, -0.25) is 4.57 Å². The molecule has 0 saturated heterocycles. The van der Waals surface area contributed by atoms with Gasteiger partial charge in [0.25, 0.3) is 0 Å². The number of ether oxygens (including phenoxy) is 3. The van der Waals surface area contributed by atoms with E-state index >= 15 is 0 Å². The van der Waals surface area contributed by atoms with Crippen LogP contribution in [0.1, 0.15) is 37.8 Å². The van der Waals surface area contributed by atoms with Crippen molar-refractivity contribution in [1.82, 2.24) is 4.57 Å². The van der Waals surface area contributed by atoms with Crippen molar-refractivity contribution in [2.75, 3.05) is 14.2 Å². The Morgan fingerprint density at radius 2 is 1.71 bits per heavy atom. The van der Waals surface area contributed by atoms with E-state index in [0.29, 0.717) is 0 Å². The molecule has 0 aliphatic rings. The van der Waals surface area contributed by atoms with Gasteiger partial charge in [-0.05, 0) is 56.2 Å². The van der Waals surface area contributed by atoms with Gasteiger partial charge in [0.1, 0.15) is 11.4 Å². The van der Waals surface area contributed by atoms with E-state index in [1.165, 1.54) is 17.8 Å². The molecule has 1 aromatic heterocycles. The Hall–Kier alpha value is -3.54. The second-order valence-electron chi connectivity index (χ2n) is 8.08. The Morgan fingerprint density at radius 1 is 1.00 bits per heavy atom. The van der Waals surface area contributed by atoms with E-state index in [4.69, 9.17) is 14.2 Å². The second-order valence-corrected chi connectivity index (χ2v) is 8.08. The molecule has 3 aromatic rings. The van der Waals surface area contributed by atoms with Gasteiger partial charge < -0.3 is 14.2 Å². The summed E-state index contributed by atoms with van der Waals surface area (Å²) in [6, 6.07) is 15.3. The van der Waals surface area contributed by atoms with E-state index in [2.05, 4.69) is 0 Å². The third-order valence-corrected chi connectivity index (χ3v) is 4.79. The van der Waals surface area contributed by atoms with Crippen LogP contribution in [0, 0.1) is 0 Å². The number of aromatic nitrogens is 1. The van der Waals surface area contributed by atoms with Gasteiger partial charge in [0, 0.05) is 23.6 Å². The molecule has 162 valence electrons. The molecule has 0 N–H and O–H groups in total. The molecule has 0 aliphatic carbocycles. The standard InChI is InChI=1S/C25H27NO5/c1-25(2,3)31-24(28)26-16-15-21-20(7-6-8-22(21)26)19(13-14-23(27)30-5)17-9-11-18(29-4)12-10-17/h6-16,19H,1-5H3/b14-13+/t19-/m0/s1. The average molecular weight is 421 g/mol. The summed E-state index contributed by atoms with van der Waals surface area (Å²) in [5, 5.41) is 0.892. The molecule has 0 fully saturated rings. The van der Waals surface area contributed by atoms with Crippen LogP contribution in [0.2, 0.25) is 0 Å². The number of rotatable bonds is 5. The van der Waals surface area contributed by atoms with Crippen molar-refractivity contribution in [2.24, 2.45) is 0 Å². The molecule has 0 spiro atoms. The molecule has 0 saturated carbocycles. The normalized spacial score (nSPS) is 12.7. The van der Waals surface area contributed by atoms with Crippen LogP contribution < -0.4 is 4.74 Å². The number of esters is 1. The Bertz CT molecular complexity index is 1100. The number of methoxy groups -OCH3 is 2. The van der Waals surface area contributed by atoms with Gasteiger partial charge in [0.2, 0.25) is 0 Å². The Balaban J connectivity index is 2.10. The molecule has 1 atom stereocenters. The maximum atomic E-state index is 12.7. The third kappa shape index (κ3) is 5.15. The summed E-state index contributed by atoms with van der Waals surface area (Å²) in [6.07, 6.45) is 4.48. The SMILES string of the molecule is COC(=O)/C=C/[C@@H](c1ccc(OC)cc1)c1cccc2c1ccn2C(=O)OC(C)(C)C. The summed E-state index contributed by atoms with van der Waals surface area (Å²) < 4.78 is 17.1. The summed E-state index contributed by atoms with van der Waals surface area (Å²) in [4.78, 5) is 24.4. The fourth-order valence-corrected chi connectivity index (χ4v) is 3.38. The van der Waals surface area contributed by atoms with Gasteiger partial charge in [-0.25, -0.2) is 9.59 Å². The highest BCUT2D eigenvalue weighted by molar-refractivity contribution is 5.92. The predicted molar refractivity (Wildman–Crippen MR) is 120 cm³/mol. The molecule has 31 heavy (non-hydrogen) atoms. The first-order valence-corrected chi connectivity index (χ1v) is 9.97. The van der Waals surface area contributed by atoms with E-state index in [9.17, 15) is 9.59 Å². The molecule has 0 unspecified atom stereocenters. The number of allylic oxidation sites excluding steroid dienone is 1. The van der Waals surface area contributed by atoms with Crippen LogP contribution in [-0.4, -0.2) is 36.5 Å². The highest BCUT2D eigenvalue weighted by Gasteiger charge is 2.21. The smallest absolute Gasteiger partial charge is 0.418 e. The lowest BCUT2D eigenvalue weighted by molar-refractivity contribution is -0.134. The molecular formula is C25H27NO5. The van der Waals surface area contributed by atoms with Crippen molar-refractivity contribution < 1.29 is 23.8 Å². The van der Waals surface area contributed by atoms with E-state index in [-0.39, 0.29) is 5.92 Å². The quantitative estimate of drug-likeness (QED) is 0.413. The molecular weight excluding hydrogens is 394 g/mol. The summed E-state index contributed by atoms with van der Waals surface area (Å²) in [5.74, 6) is 0.0777. The minimum absolute atomic E-state index is 0.233. The zero-order chi connectivity index (χ0) is 22.6. The first kappa shape index (κ1) is 22.2. The summed E-state index contributed by atoms with van der Waals surface area (Å²) in [6.45, 7) is 5.50. The monoisotopic (exact) mass is 421 g/mol. The number of hydrogen-bond acceptors (Lipinski definition) is 5. The highest BCUT2D eigenvalue weighted by Crippen LogP contribution is 2.33. The largest absolute Gasteiger partial charge is 0.497 e. The van der Waals surface area contributed by atoms with Crippen LogP contribution in [0.4, 0.5) is 4.79 Å². The fraction of sp³-hybridized carbons (Fsp3) is 0.280. The first-order valence-electron chi connectivity index (χ1n) is 9.97. The molecule has 3 rings (SSSR count). The van der Waals surface area contributed by atoms with Crippen LogP contribution in [0.3, 0.4) is 0 Å². The van der Waals surface area contributed by atoms with Crippen molar-refractivity contribution in [1.29, 1.82) is 0 Å². The number of fused-ring (bicyclic) bond motifs is 1. The number of hydrogen-bond donors (Lipinski definition) is 0. The van der Waals surface area contributed by atoms with Gasteiger partial charge in [-0.1, -0.05) is 30.3 Å². The maximum Gasteiger partial charge on any atom is 0.418 e. The van der Waals surface area contributed by atoms with Crippen LogP contribution in [0.5, 0.6) is 5.75 Å². The Morgan fingerprint density at radius 3 is 2.32 bits per heavy atom. The lowest BCUT2D eigenvalue weighted by Crippen LogP contribution is -2.26. The molecule has 0 aliphatic heterocycles. The van der Waals surface area contributed by atoms with E-state index in [1.807, 2.05) is 69.3 Å². The molecule has 6 nitrogen and oxygen atoms in total. The van der Waals surface area contributed by atoms with Gasteiger partial charge in [-0.15, -0.1) is 0 Å². The van der Waals surface area contributed by atoms with Gasteiger partial charge >= 0.3 is 12.1 Å². The lowest BCUT2D eigenvalue weighted by Gasteiger charge is -2.20. The summed E-state index contributed by atoms with van der Waals surface area (Å²) in [5.41, 5.74) is 2.06. The van der Waals surface area contributed by atoms with Crippen molar-refractivity contribution in [3.8, 4) is 5.75 Å². The van der Waals surface area contributed by atoms with Crippen molar-refractivity contribution in [3.05, 3.63) is 78.0 Å². The molecule has 1 heterocycles. The minimum atomic E-state index is -0.597. The summed E-state index contributed by atoms with van der Waals surface area (Å²) >= 11 is 0. The number of nitrogens with zero attached hydrogens (tertiary/aromatic N) is 1. The predicted octanol–water partition coefficient (Wildman–Crippen LogP) is 5.29. The zero-order valence-corrected chi connectivity index (χ0v) is 18.4. The molecule has 6 heteroatoms. The van der Waals surface area contributed by atoms with Crippen LogP contribution >= 0.6 is 0 Å². The minimum Gasteiger partial charge on any atom is -0.497 e. The first-order chi connectivity index (χ1) is 14.7. The van der Waals surface area contributed by atoms with Gasteiger partial charge in [-0.2, -0.15) is 0 Å². The third-order valence-electron chi connectivity index (χ3n) is 4.79. The number of carbonyl (C=O) groups is 2. The molecule has 0 radical (unpaired) electrons. The van der Waals surface area contributed by atoms with Crippen LogP contribution in [0.15, 0.2) is 66.9 Å². The molecule has 0 bridgehead atoms. The maximum absolute atomic E-state index is 12.7. The molecule has 2 aromatic carbocycles. The topological polar surface area (TPSA) is 66.8 Å². The average Bonchev–Trinajstić information content (AvgIpc) is 3.18. The highest BCUT2D eigenvalue weighted by atomic mass is 16.6. The Kier molecular flexibility index (Phi) is 6.49. The van der Waals surface area contributed by atoms with Crippen LogP contribution in [-0.2, 0) is 14.3 Å². The van der Waals surface area contributed by atoms with Gasteiger partial charge in [0.05, 0.1) is 19.7 Å². The zero-order valence-electron chi connectivity index (χ0n) is 18.4.